The van der Waals surface area contributed by atoms with Gasteiger partial charge in [0.2, 0.25) is 0 Å². The highest BCUT2D eigenvalue weighted by Gasteiger charge is 2.20. The zero-order chi connectivity index (χ0) is 35.5. The average molecular weight is 645 g/mol. The highest BCUT2D eigenvalue weighted by molar-refractivity contribution is 7.25. The zero-order valence-corrected chi connectivity index (χ0v) is 27.0. The van der Waals surface area contributed by atoms with Crippen molar-refractivity contribution in [3.8, 4) is 22.5 Å². The summed E-state index contributed by atoms with van der Waals surface area (Å²) in [6.45, 7) is 0. The second-order valence-corrected chi connectivity index (χ2v) is 13.7. The standard InChI is InChI=1S/C46H28N2S/c1-2-11-32(12-3-1)47-40-16-8-6-14-35(40)37-27-39-43(28-42(37)47)48(41-24-20-30-10-4-5-13-34(30)46(39)41)33-22-18-29(19-23-33)31-21-25-45-38(26-31)36-15-7-9-17-44(36)49-45/h1-28H/i18D,19D,22D,23D. The van der Waals surface area contributed by atoms with Crippen molar-refractivity contribution >= 4 is 85.9 Å². The van der Waals surface area contributed by atoms with Crippen LogP contribution >= 0.6 is 11.3 Å². The van der Waals surface area contributed by atoms with Gasteiger partial charge in [0.05, 0.1) is 27.5 Å². The largest absolute Gasteiger partial charge is 0.309 e. The van der Waals surface area contributed by atoms with E-state index in [1.165, 1.54) is 4.70 Å². The third kappa shape index (κ3) is 3.88. The second kappa shape index (κ2) is 10.2. The molecule has 0 aliphatic rings. The van der Waals surface area contributed by atoms with E-state index in [0.717, 1.165) is 75.5 Å². The number of rotatable bonds is 3. The normalized spacial score (nSPS) is 13.2. The smallest absolute Gasteiger partial charge is 0.0645 e. The minimum absolute atomic E-state index is 0.0600. The van der Waals surface area contributed by atoms with E-state index in [9.17, 15) is 5.48 Å². The van der Waals surface area contributed by atoms with Gasteiger partial charge in [-0.05, 0) is 88.6 Å². The molecule has 8 aromatic carbocycles. The summed E-state index contributed by atoms with van der Waals surface area (Å²) >= 11 is 1.71. The molecular weight excluding hydrogens is 613 g/mol. The molecule has 3 heterocycles. The fourth-order valence-corrected chi connectivity index (χ4v) is 8.87. The average Bonchev–Trinajstić information content (AvgIpc) is 3.84. The van der Waals surface area contributed by atoms with Crippen molar-refractivity contribution in [2.45, 2.75) is 0 Å². The molecule has 0 N–H and O–H groups in total. The van der Waals surface area contributed by atoms with Crippen LogP contribution in [0.25, 0.3) is 97.1 Å². The number of fused-ring (bicyclic) bond motifs is 11. The first kappa shape index (κ1) is 23.2. The van der Waals surface area contributed by atoms with Crippen LogP contribution < -0.4 is 0 Å². The van der Waals surface area contributed by atoms with Gasteiger partial charge in [-0.1, -0.05) is 103 Å². The minimum Gasteiger partial charge on any atom is -0.309 e. The zero-order valence-electron chi connectivity index (χ0n) is 30.2. The Balaban J connectivity index is 1.26. The van der Waals surface area contributed by atoms with E-state index < -0.39 is 0 Å². The topological polar surface area (TPSA) is 9.86 Å². The first-order valence-electron chi connectivity index (χ1n) is 18.4. The van der Waals surface area contributed by atoms with Crippen LogP contribution in [-0.2, 0) is 0 Å². The molecule has 3 aromatic heterocycles. The first-order chi connectivity index (χ1) is 26.0. The Kier molecular flexibility index (Phi) is 4.82. The second-order valence-electron chi connectivity index (χ2n) is 12.6. The number of benzene rings is 8. The lowest BCUT2D eigenvalue weighted by Gasteiger charge is -2.11. The number of hydrogen-bond donors (Lipinski definition) is 0. The summed E-state index contributed by atoms with van der Waals surface area (Å²) in [7, 11) is 0. The fourth-order valence-electron chi connectivity index (χ4n) is 7.79. The Labute approximate surface area is 291 Å². The maximum Gasteiger partial charge on any atom is 0.0645 e. The summed E-state index contributed by atoms with van der Waals surface area (Å²) in [6.07, 6.45) is 0. The van der Waals surface area contributed by atoms with E-state index in [2.05, 4.69) is 89.5 Å². The molecule has 11 aromatic rings. The van der Waals surface area contributed by atoms with Gasteiger partial charge < -0.3 is 9.13 Å². The van der Waals surface area contributed by atoms with E-state index in [1.54, 1.807) is 11.3 Å². The van der Waals surface area contributed by atoms with Gasteiger partial charge in [0, 0.05) is 53.1 Å². The van der Waals surface area contributed by atoms with Crippen LogP contribution in [0.5, 0.6) is 0 Å². The van der Waals surface area contributed by atoms with Crippen LogP contribution in [0.1, 0.15) is 5.48 Å². The summed E-state index contributed by atoms with van der Waals surface area (Å²) in [6, 6.07) is 49.6. The number of hydrogen-bond acceptors (Lipinski definition) is 1. The minimum atomic E-state index is -0.0769. The molecular formula is C46H28N2S. The highest BCUT2D eigenvalue weighted by Crippen LogP contribution is 2.42. The molecule has 0 aliphatic carbocycles. The van der Waals surface area contributed by atoms with Crippen molar-refractivity contribution in [3.63, 3.8) is 0 Å². The van der Waals surface area contributed by atoms with Gasteiger partial charge in [0.15, 0.2) is 0 Å². The Bertz CT molecular complexity index is 3310. The molecule has 0 fully saturated rings. The van der Waals surface area contributed by atoms with Gasteiger partial charge in [-0.2, -0.15) is 0 Å². The lowest BCUT2D eigenvalue weighted by Crippen LogP contribution is -1.96. The molecule has 0 unspecified atom stereocenters. The predicted octanol–water partition coefficient (Wildman–Crippen LogP) is 13.1. The maximum absolute atomic E-state index is 9.59. The van der Waals surface area contributed by atoms with Gasteiger partial charge in [-0.25, -0.2) is 0 Å². The van der Waals surface area contributed by atoms with Crippen LogP contribution in [0.15, 0.2) is 170 Å². The van der Waals surface area contributed by atoms with Crippen LogP contribution in [0.3, 0.4) is 0 Å². The van der Waals surface area contributed by atoms with Crippen LogP contribution in [-0.4, -0.2) is 9.13 Å². The summed E-state index contributed by atoms with van der Waals surface area (Å²) in [4.78, 5) is 0. The molecule has 0 atom stereocenters. The molecule has 0 bridgehead atoms. The number of thiophene rings is 1. The Hall–Kier alpha value is -6.16. The van der Waals surface area contributed by atoms with E-state index in [0.29, 0.717) is 11.1 Å². The van der Waals surface area contributed by atoms with Crippen LogP contribution in [0.2, 0.25) is 0 Å². The van der Waals surface area contributed by atoms with Crippen molar-refractivity contribution in [2.24, 2.45) is 0 Å². The van der Waals surface area contributed by atoms with E-state index in [-0.39, 0.29) is 29.9 Å². The summed E-state index contributed by atoms with van der Waals surface area (Å²) in [5.74, 6) is 0. The van der Waals surface area contributed by atoms with E-state index >= 15 is 0 Å². The molecule has 0 saturated heterocycles. The third-order valence-corrected chi connectivity index (χ3v) is 11.1. The number of para-hydroxylation sites is 2. The molecule has 228 valence electrons. The van der Waals surface area contributed by atoms with Gasteiger partial charge in [-0.3, -0.25) is 0 Å². The molecule has 11 rings (SSSR count). The van der Waals surface area contributed by atoms with Crippen LogP contribution in [0.4, 0.5) is 0 Å². The monoisotopic (exact) mass is 644 g/mol. The Morgan fingerprint density at radius 2 is 1.08 bits per heavy atom. The molecule has 0 aliphatic heterocycles. The molecule has 0 saturated carbocycles. The van der Waals surface area contributed by atoms with Crippen molar-refractivity contribution in [1.82, 2.24) is 9.13 Å². The number of aromatic nitrogens is 2. The lowest BCUT2D eigenvalue weighted by molar-refractivity contribution is 1.16. The quantitative estimate of drug-likeness (QED) is 0.181. The number of nitrogens with zero attached hydrogens (tertiary/aromatic N) is 2. The molecule has 49 heavy (non-hydrogen) atoms. The third-order valence-electron chi connectivity index (χ3n) is 9.96. The fraction of sp³-hybridized carbons (Fsp3) is 0. The Morgan fingerprint density at radius 3 is 1.96 bits per heavy atom. The van der Waals surface area contributed by atoms with Gasteiger partial charge in [-0.15, -0.1) is 11.3 Å². The van der Waals surface area contributed by atoms with Crippen LogP contribution in [0, 0.1) is 0 Å². The van der Waals surface area contributed by atoms with Crippen molar-refractivity contribution in [2.75, 3.05) is 0 Å². The van der Waals surface area contributed by atoms with E-state index in [1.807, 2.05) is 65.2 Å². The molecule has 3 heteroatoms. The van der Waals surface area contributed by atoms with Crippen molar-refractivity contribution < 1.29 is 5.48 Å². The van der Waals surface area contributed by atoms with Gasteiger partial charge >= 0.3 is 0 Å². The summed E-state index contributed by atoms with van der Waals surface area (Å²) in [5, 5.41) is 8.60. The molecule has 2 nitrogen and oxygen atoms in total. The highest BCUT2D eigenvalue weighted by atomic mass is 32.1. The lowest BCUT2D eigenvalue weighted by atomic mass is 10.0. The predicted molar refractivity (Wildman–Crippen MR) is 211 cm³/mol. The SMILES string of the molecule is [2H]c1c([2H])c(-n2c3cc4c(cc3c3c5ccccc5ccc32)c2ccccc2n4-c2ccccc2)c([2H])c([2H])c1-c1ccc2sc3ccccc3c2c1. The molecule has 0 amide bonds. The molecule has 0 spiro atoms. The van der Waals surface area contributed by atoms with E-state index in [4.69, 9.17) is 0 Å². The van der Waals surface area contributed by atoms with Crippen molar-refractivity contribution in [1.29, 1.82) is 0 Å². The van der Waals surface area contributed by atoms with Crippen molar-refractivity contribution in [3.05, 3.63) is 170 Å². The van der Waals surface area contributed by atoms with Gasteiger partial charge in [0.1, 0.15) is 0 Å². The summed E-state index contributed by atoms with van der Waals surface area (Å²) < 4.78 is 44.6. The summed E-state index contributed by atoms with van der Waals surface area (Å²) in [5.41, 5.74) is 6.00. The first-order valence-corrected chi connectivity index (χ1v) is 17.3. The maximum atomic E-state index is 9.59. The van der Waals surface area contributed by atoms with Gasteiger partial charge in [0.25, 0.3) is 0 Å². The molecule has 0 radical (unpaired) electrons. The Morgan fingerprint density at radius 1 is 0.388 bits per heavy atom.